The van der Waals surface area contributed by atoms with Gasteiger partial charge in [0.15, 0.2) is 0 Å². The molecule has 3 rings (SSSR count). The molecule has 1 N–H and O–H groups in total. The van der Waals surface area contributed by atoms with Crippen molar-refractivity contribution < 1.29 is 23.1 Å². The number of carbonyl (C=O) groups excluding carboxylic acids is 1. The van der Waals surface area contributed by atoms with Crippen molar-refractivity contribution in [1.29, 1.82) is 0 Å². The van der Waals surface area contributed by atoms with Crippen LogP contribution in [-0.2, 0) is 14.6 Å². The number of carboxylic acids is 1. The molecule has 1 heterocycles. The number of likely N-dealkylation sites (tertiary alicyclic amines) is 1. The van der Waals surface area contributed by atoms with Crippen molar-refractivity contribution in [3.8, 4) is 0 Å². The maximum absolute atomic E-state index is 13.2. The van der Waals surface area contributed by atoms with Crippen LogP contribution >= 0.6 is 0 Å². The topological polar surface area (TPSA) is 91.8 Å². The standard InChI is InChI=1S/C18H17NO5S/c20-16(14-8-3-1-4-9-14)19-13-7-12-18(19,17(21)22)25(23,24)15-10-5-2-6-11-15/h1-6,8-11H,7,12-13H2,(H,21,22)/t18-/m0/s1. The average molecular weight is 359 g/mol. The summed E-state index contributed by atoms with van der Waals surface area (Å²) in [6, 6.07) is 15.5. The molecule has 1 atom stereocenters. The highest BCUT2D eigenvalue weighted by Gasteiger charge is 2.60. The number of hydrogen-bond donors (Lipinski definition) is 1. The first kappa shape index (κ1) is 17.2. The van der Waals surface area contributed by atoms with E-state index in [-0.39, 0.29) is 23.4 Å². The van der Waals surface area contributed by atoms with Crippen LogP contribution in [0.5, 0.6) is 0 Å². The zero-order valence-electron chi connectivity index (χ0n) is 13.3. The van der Waals surface area contributed by atoms with Gasteiger partial charge in [0.1, 0.15) is 0 Å². The number of sulfone groups is 1. The predicted octanol–water partition coefficient (Wildman–Crippen LogP) is 2.18. The minimum Gasteiger partial charge on any atom is -0.479 e. The van der Waals surface area contributed by atoms with Gasteiger partial charge >= 0.3 is 5.97 Å². The lowest BCUT2D eigenvalue weighted by Gasteiger charge is -2.34. The van der Waals surface area contributed by atoms with Crippen molar-refractivity contribution in [2.24, 2.45) is 0 Å². The Balaban J connectivity index is 2.14. The van der Waals surface area contributed by atoms with E-state index >= 15 is 0 Å². The number of rotatable bonds is 4. The molecule has 2 aromatic carbocycles. The van der Waals surface area contributed by atoms with Crippen molar-refractivity contribution in [2.75, 3.05) is 6.54 Å². The lowest BCUT2D eigenvalue weighted by molar-refractivity contribution is -0.143. The first-order chi connectivity index (χ1) is 11.9. The number of hydrogen-bond acceptors (Lipinski definition) is 4. The summed E-state index contributed by atoms with van der Waals surface area (Å²) in [5.41, 5.74) is 0.262. The number of nitrogens with zero attached hydrogens (tertiary/aromatic N) is 1. The lowest BCUT2D eigenvalue weighted by atomic mass is 10.1. The highest BCUT2D eigenvalue weighted by Crippen LogP contribution is 2.39. The summed E-state index contributed by atoms with van der Waals surface area (Å²) < 4.78 is 26.3. The first-order valence-electron chi connectivity index (χ1n) is 7.81. The Kier molecular flexibility index (Phi) is 4.34. The van der Waals surface area contributed by atoms with Gasteiger partial charge in [-0.1, -0.05) is 36.4 Å². The second kappa shape index (κ2) is 6.33. The SMILES string of the molecule is O=C(c1ccccc1)N1CCC[C@@]1(C(=O)O)S(=O)(=O)c1ccccc1. The van der Waals surface area contributed by atoms with Crippen molar-refractivity contribution in [2.45, 2.75) is 22.6 Å². The van der Waals surface area contributed by atoms with Gasteiger partial charge in [-0.15, -0.1) is 0 Å². The van der Waals surface area contributed by atoms with Crippen LogP contribution in [0.15, 0.2) is 65.6 Å². The molecule has 1 aliphatic heterocycles. The summed E-state index contributed by atoms with van der Waals surface area (Å²) >= 11 is 0. The highest BCUT2D eigenvalue weighted by molar-refractivity contribution is 7.93. The average Bonchev–Trinajstić information content (AvgIpc) is 3.09. The van der Waals surface area contributed by atoms with Crippen molar-refractivity contribution in [3.63, 3.8) is 0 Å². The van der Waals surface area contributed by atoms with E-state index in [9.17, 15) is 23.1 Å². The summed E-state index contributed by atoms with van der Waals surface area (Å²) in [6.45, 7) is 0.0755. The minimum absolute atomic E-state index is 0.0755. The molecule has 0 bridgehead atoms. The van der Waals surface area contributed by atoms with Crippen LogP contribution in [0.3, 0.4) is 0 Å². The Morgan fingerprint density at radius 1 is 0.960 bits per heavy atom. The number of carboxylic acid groups (broad SMARTS) is 1. The fourth-order valence-electron chi connectivity index (χ4n) is 3.21. The van der Waals surface area contributed by atoms with E-state index in [0.29, 0.717) is 6.42 Å². The predicted molar refractivity (Wildman–Crippen MR) is 90.7 cm³/mol. The molecule has 130 valence electrons. The van der Waals surface area contributed by atoms with E-state index in [4.69, 9.17) is 0 Å². The van der Waals surface area contributed by atoms with Gasteiger partial charge in [-0.3, -0.25) is 4.79 Å². The smallest absolute Gasteiger partial charge is 0.346 e. The Morgan fingerprint density at radius 2 is 1.52 bits per heavy atom. The second-order valence-corrected chi connectivity index (χ2v) is 7.99. The first-order valence-corrected chi connectivity index (χ1v) is 9.29. The van der Waals surface area contributed by atoms with Crippen LogP contribution in [0.25, 0.3) is 0 Å². The van der Waals surface area contributed by atoms with Gasteiger partial charge in [0.25, 0.3) is 5.91 Å². The Labute approximate surface area is 145 Å². The Hall–Kier alpha value is -2.67. The minimum atomic E-state index is -4.30. The summed E-state index contributed by atoms with van der Waals surface area (Å²) in [5.74, 6) is -2.13. The van der Waals surface area contributed by atoms with Crippen molar-refractivity contribution in [1.82, 2.24) is 4.90 Å². The molecule has 1 saturated heterocycles. The second-order valence-electron chi connectivity index (χ2n) is 5.83. The Morgan fingerprint density at radius 3 is 2.08 bits per heavy atom. The maximum Gasteiger partial charge on any atom is 0.346 e. The van der Waals surface area contributed by atoms with Crippen LogP contribution < -0.4 is 0 Å². The molecule has 2 aromatic rings. The van der Waals surface area contributed by atoms with Crippen LogP contribution in [0, 0.1) is 0 Å². The fraction of sp³-hybridized carbons (Fsp3) is 0.222. The molecule has 0 aromatic heterocycles. The van der Waals surface area contributed by atoms with Gasteiger partial charge in [0, 0.05) is 12.1 Å². The molecule has 0 unspecified atom stereocenters. The maximum atomic E-state index is 13.2. The summed E-state index contributed by atoms with van der Waals surface area (Å²) in [4.78, 5) is 23.5. The van der Waals surface area contributed by atoms with E-state index in [1.807, 2.05) is 0 Å². The third kappa shape index (κ3) is 2.60. The normalized spacial score (nSPS) is 20.4. The van der Waals surface area contributed by atoms with Crippen LogP contribution in [0.4, 0.5) is 0 Å². The number of carbonyl (C=O) groups is 2. The lowest BCUT2D eigenvalue weighted by Crippen LogP contribution is -2.58. The van der Waals surface area contributed by atoms with Crippen molar-refractivity contribution in [3.05, 3.63) is 66.2 Å². The molecular weight excluding hydrogens is 342 g/mol. The number of aliphatic carboxylic acids is 1. The van der Waals surface area contributed by atoms with E-state index < -0.39 is 26.6 Å². The molecule has 7 heteroatoms. The fourth-order valence-corrected chi connectivity index (χ4v) is 5.22. The quantitative estimate of drug-likeness (QED) is 0.903. The molecule has 0 spiro atoms. The van der Waals surface area contributed by atoms with E-state index in [2.05, 4.69) is 0 Å². The molecule has 0 saturated carbocycles. The van der Waals surface area contributed by atoms with Gasteiger partial charge in [0.05, 0.1) is 4.90 Å². The monoisotopic (exact) mass is 359 g/mol. The van der Waals surface area contributed by atoms with Gasteiger partial charge < -0.3 is 10.0 Å². The zero-order chi connectivity index (χ0) is 18.1. The molecule has 1 fully saturated rings. The zero-order valence-corrected chi connectivity index (χ0v) is 14.1. The van der Waals surface area contributed by atoms with Gasteiger partial charge in [-0.25, -0.2) is 13.2 Å². The molecular formula is C18H17NO5S. The van der Waals surface area contributed by atoms with Crippen LogP contribution in [-0.4, -0.2) is 41.7 Å². The molecule has 1 amide bonds. The largest absolute Gasteiger partial charge is 0.479 e. The van der Waals surface area contributed by atoms with E-state index in [1.54, 1.807) is 36.4 Å². The molecule has 0 aliphatic carbocycles. The molecule has 0 radical (unpaired) electrons. The van der Waals surface area contributed by atoms with Gasteiger partial charge in [0.2, 0.25) is 14.7 Å². The summed E-state index contributed by atoms with van der Waals surface area (Å²) in [6.07, 6.45) is 0.162. The molecule has 25 heavy (non-hydrogen) atoms. The number of benzene rings is 2. The summed E-state index contributed by atoms with van der Waals surface area (Å²) in [7, 11) is -4.30. The molecule has 6 nitrogen and oxygen atoms in total. The molecule has 1 aliphatic rings. The van der Waals surface area contributed by atoms with Crippen LogP contribution in [0.2, 0.25) is 0 Å². The highest BCUT2D eigenvalue weighted by atomic mass is 32.2. The summed E-state index contributed by atoms with van der Waals surface area (Å²) in [5, 5.41) is 9.85. The van der Waals surface area contributed by atoms with Gasteiger partial charge in [-0.05, 0) is 37.1 Å². The van der Waals surface area contributed by atoms with Crippen LogP contribution in [0.1, 0.15) is 23.2 Å². The third-order valence-corrected chi connectivity index (χ3v) is 6.81. The number of amides is 1. The third-order valence-electron chi connectivity index (χ3n) is 4.43. The van der Waals surface area contributed by atoms with Gasteiger partial charge in [-0.2, -0.15) is 0 Å². The van der Waals surface area contributed by atoms with Crippen molar-refractivity contribution >= 4 is 21.7 Å². The Bertz CT molecular complexity index is 896. The van der Waals surface area contributed by atoms with E-state index in [1.165, 1.54) is 24.3 Å². The van der Waals surface area contributed by atoms with E-state index in [0.717, 1.165) is 4.90 Å².